The molecule has 6 nitrogen and oxygen atoms in total. The van der Waals surface area contributed by atoms with Crippen LogP contribution in [0.2, 0.25) is 0 Å². The lowest BCUT2D eigenvalue weighted by Gasteiger charge is -2.22. The highest BCUT2D eigenvalue weighted by Crippen LogP contribution is 2.16. The molecule has 1 aliphatic heterocycles. The molecule has 2 heterocycles. The van der Waals surface area contributed by atoms with Gasteiger partial charge in [0.25, 0.3) is 10.2 Å². The van der Waals surface area contributed by atoms with Crippen LogP contribution in [0.5, 0.6) is 0 Å². The van der Waals surface area contributed by atoms with Gasteiger partial charge >= 0.3 is 0 Å². The smallest absolute Gasteiger partial charge is 0.280 e. The zero-order valence-electron chi connectivity index (χ0n) is 10.9. The van der Waals surface area contributed by atoms with Crippen molar-refractivity contribution in [1.82, 2.24) is 14.0 Å². The summed E-state index contributed by atoms with van der Waals surface area (Å²) in [6.07, 6.45) is 3.47. The van der Waals surface area contributed by atoms with Crippen LogP contribution in [0, 0.1) is 0 Å². The largest absolute Gasteiger partial charge is 0.383 e. The van der Waals surface area contributed by atoms with E-state index in [2.05, 4.69) is 9.71 Å². The third-order valence-electron chi connectivity index (χ3n) is 3.07. The van der Waals surface area contributed by atoms with Crippen LogP contribution in [-0.4, -0.2) is 44.5 Å². The maximum atomic E-state index is 12.2. The minimum atomic E-state index is -3.47. The second-order valence-electron chi connectivity index (χ2n) is 4.49. The van der Waals surface area contributed by atoms with Crippen molar-refractivity contribution in [3.8, 4) is 0 Å². The number of rotatable bonds is 6. The second kappa shape index (κ2) is 6.42. The molecule has 1 aliphatic rings. The Morgan fingerprint density at radius 1 is 1.42 bits per heavy atom. The van der Waals surface area contributed by atoms with Gasteiger partial charge in [-0.25, -0.2) is 0 Å². The van der Waals surface area contributed by atoms with Gasteiger partial charge in [-0.1, -0.05) is 6.07 Å². The van der Waals surface area contributed by atoms with Gasteiger partial charge in [0.1, 0.15) is 0 Å². The molecular weight excluding hydrogens is 266 g/mol. The number of ether oxygens (including phenoxy) is 1. The Bertz CT molecular complexity index is 486. The average Bonchev–Trinajstić information content (AvgIpc) is 2.94. The van der Waals surface area contributed by atoms with Crippen LogP contribution in [0.4, 0.5) is 0 Å². The van der Waals surface area contributed by atoms with Gasteiger partial charge in [0, 0.05) is 26.4 Å². The van der Waals surface area contributed by atoms with E-state index in [1.807, 2.05) is 6.07 Å². The number of nitrogens with zero attached hydrogens (tertiary/aromatic N) is 2. The number of hydrogen-bond acceptors (Lipinski definition) is 4. The summed E-state index contributed by atoms with van der Waals surface area (Å²) < 4.78 is 33.7. The summed E-state index contributed by atoms with van der Waals surface area (Å²) in [6.45, 7) is 1.42. The lowest BCUT2D eigenvalue weighted by Crippen LogP contribution is -2.42. The van der Waals surface area contributed by atoms with Gasteiger partial charge in [0.2, 0.25) is 0 Å². The zero-order chi connectivity index (χ0) is 13.7. The summed E-state index contributed by atoms with van der Waals surface area (Å²) in [7, 11) is -1.92. The van der Waals surface area contributed by atoms with E-state index < -0.39 is 16.3 Å². The van der Waals surface area contributed by atoms with Crippen molar-refractivity contribution in [1.29, 1.82) is 0 Å². The first-order valence-corrected chi connectivity index (χ1v) is 7.75. The highest BCUT2D eigenvalue weighted by Gasteiger charge is 2.28. The van der Waals surface area contributed by atoms with Gasteiger partial charge in [0.05, 0.1) is 18.3 Å². The highest BCUT2D eigenvalue weighted by molar-refractivity contribution is 7.87. The van der Waals surface area contributed by atoms with Crippen molar-refractivity contribution in [2.24, 2.45) is 0 Å². The predicted octanol–water partition coefficient (Wildman–Crippen LogP) is 0.699. The Morgan fingerprint density at radius 2 is 2.16 bits per heavy atom. The van der Waals surface area contributed by atoms with Crippen LogP contribution in [0.3, 0.4) is 0 Å². The summed E-state index contributed by atoms with van der Waals surface area (Å²) in [6, 6.07) is 4.95. The summed E-state index contributed by atoms with van der Waals surface area (Å²) in [4.78, 5) is 4.18. The van der Waals surface area contributed by atoms with Gasteiger partial charge in [-0.15, -0.1) is 0 Å². The normalized spacial score (nSPS) is 18.6. The molecule has 0 aliphatic carbocycles. The van der Waals surface area contributed by atoms with Crippen LogP contribution in [0.15, 0.2) is 24.4 Å². The average molecular weight is 285 g/mol. The Labute approximate surface area is 114 Å². The van der Waals surface area contributed by atoms with Gasteiger partial charge in [0.15, 0.2) is 0 Å². The number of hydrogen-bond donors (Lipinski definition) is 1. The molecule has 7 heteroatoms. The van der Waals surface area contributed by atoms with E-state index in [-0.39, 0.29) is 6.61 Å². The van der Waals surface area contributed by atoms with Crippen molar-refractivity contribution < 1.29 is 13.2 Å². The van der Waals surface area contributed by atoms with E-state index in [1.54, 1.807) is 25.4 Å². The van der Waals surface area contributed by atoms with E-state index in [4.69, 9.17) is 4.74 Å². The molecule has 19 heavy (non-hydrogen) atoms. The summed E-state index contributed by atoms with van der Waals surface area (Å²) in [5.41, 5.74) is 0.659. The molecule has 1 saturated heterocycles. The third-order valence-corrected chi connectivity index (χ3v) is 4.70. The maximum Gasteiger partial charge on any atom is 0.280 e. The molecule has 0 amide bonds. The maximum absolute atomic E-state index is 12.2. The molecule has 0 spiro atoms. The molecule has 106 valence electrons. The lowest BCUT2D eigenvalue weighted by molar-refractivity contribution is 0.173. The van der Waals surface area contributed by atoms with Gasteiger partial charge < -0.3 is 4.74 Å². The van der Waals surface area contributed by atoms with Crippen LogP contribution < -0.4 is 4.72 Å². The summed E-state index contributed by atoms with van der Waals surface area (Å²) >= 11 is 0. The molecule has 1 N–H and O–H groups in total. The lowest BCUT2D eigenvalue weighted by atomic mass is 10.2. The van der Waals surface area contributed by atoms with Gasteiger partial charge in [-0.05, 0) is 25.0 Å². The Morgan fingerprint density at radius 3 is 2.74 bits per heavy atom. The molecule has 1 unspecified atom stereocenters. The standard InChI is InChI=1S/C12H19N3O3S/c1-18-10-12(11-6-2-3-7-13-11)14-19(16,17)15-8-4-5-9-15/h2-3,6-7,12,14H,4-5,8-10H2,1H3. The number of pyridine rings is 1. The quantitative estimate of drug-likeness (QED) is 0.835. The first-order chi connectivity index (χ1) is 9.13. The Balaban J connectivity index is 2.12. The SMILES string of the molecule is COCC(NS(=O)(=O)N1CCCC1)c1ccccn1. The molecule has 1 aromatic heterocycles. The van der Waals surface area contributed by atoms with E-state index in [9.17, 15) is 8.42 Å². The van der Waals surface area contributed by atoms with Crippen LogP contribution in [0.1, 0.15) is 24.6 Å². The first kappa shape index (κ1) is 14.4. The van der Waals surface area contributed by atoms with Gasteiger partial charge in [-0.2, -0.15) is 17.4 Å². The number of methoxy groups -OCH3 is 1. The van der Waals surface area contributed by atoms with E-state index in [0.29, 0.717) is 18.8 Å². The van der Waals surface area contributed by atoms with Crippen LogP contribution in [0.25, 0.3) is 0 Å². The third kappa shape index (κ3) is 3.73. The first-order valence-electron chi connectivity index (χ1n) is 6.31. The fourth-order valence-corrected chi connectivity index (χ4v) is 3.55. The Kier molecular flexibility index (Phi) is 4.87. The summed E-state index contributed by atoms with van der Waals surface area (Å²) in [5, 5.41) is 0. The molecule has 1 fully saturated rings. The molecule has 0 aromatic carbocycles. The number of nitrogens with one attached hydrogen (secondary N) is 1. The predicted molar refractivity (Wildman–Crippen MR) is 71.7 cm³/mol. The molecular formula is C12H19N3O3S. The molecule has 1 atom stereocenters. The molecule has 1 aromatic rings. The molecule has 0 bridgehead atoms. The van der Waals surface area contributed by atoms with Crippen molar-refractivity contribution in [3.05, 3.63) is 30.1 Å². The monoisotopic (exact) mass is 285 g/mol. The highest BCUT2D eigenvalue weighted by atomic mass is 32.2. The van der Waals surface area contributed by atoms with Crippen molar-refractivity contribution in [2.45, 2.75) is 18.9 Å². The van der Waals surface area contributed by atoms with Crippen LogP contribution >= 0.6 is 0 Å². The van der Waals surface area contributed by atoms with Crippen molar-refractivity contribution in [2.75, 3.05) is 26.8 Å². The topological polar surface area (TPSA) is 71.5 Å². The van der Waals surface area contributed by atoms with E-state index in [1.165, 1.54) is 4.31 Å². The van der Waals surface area contributed by atoms with Crippen molar-refractivity contribution >= 4 is 10.2 Å². The second-order valence-corrected chi connectivity index (χ2v) is 6.19. The fraction of sp³-hybridized carbons (Fsp3) is 0.583. The van der Waals surface area contributed by atoms with E-state index >= 15 is 0 Å². The summed E-state index contributed by atoms with van der Waals surface area (Å²) in [5.74, 6) is 0. The van der Waals surface area contributed by atoms with Crippen LogP contribution in [-0.2, 0) is 14.9 Å². The number of aromatic nitrogens is 1. The van der Waals surface area contributed by atoms with Gasteiger partial charge in [-0.3, -0.25) is 4.98 Å². The fourth-order valence-electron chi connectivity index (χ4n) is 2.11. The minimum Gasteiger partial charge on any atom is -0.383 e. The molecule has 0 radical (unpaired) electrons. The van der Waals surface area contributed by atoms with Crippen molar-refractivity contribution in [3.63, 3.8) is 0 Å². The Hall–Kier alpha value is -1.02. The molecule has 2 rings (SSSR count). The minimum absolute atomic E-state index is 0.254. The zero-order valence-corrected chi connectivity index (χ0v) is 11.8. The molecule has 0 saturated carbocycles. The van der Waals surface area contributed by atoms with E-state index in [0.717, 1.165) is 12.8 Å².